The molecule has 0 fully saturated rings. The molecular formula is C18H25ClN2OS. The van der Waals surface area contributed by atoms with Crippen molar-refractivity contribution < 1.29 is 4.79 Å². The van der Waals surface area contributed by atoms with E-state index in [0.717, 1.165) is 28.8 Å². The van der Waals surface area contributed by atoms with Gasteiger partial charge in [0.25, 0.3) is 5.91 Å². The predicted octanol–water partition coefficient (Wildman–Crippen LogP) is 4.39. The van der Waals surface area contributed by atoms with Crippen LogP contribution in [0.3, 0.4) is 0 Å². The van der Waals surface area contributed by atoms with Crippen LogP contribution in [-0.4, -0.2) is 18.0 Å². The molecule has 0 aliphatic carbocycles. The van der Waals surface area contributed by atoms with Gasteiger partial charge in [0.05, 0.1) is 4.88 Å². The molecule has 0 saturated carbocycles. The van der Waals surface area contributed by atoms with Crippen molar-refractivity contribution in [2.75, 3.05) is 6.54 Å². The maximum atomic E-state index is 12.5. The zero-order valence-corrected chi connectivity index (χ0v) is 15.5. The Morgan fingerprint density at radius 2 is 1.78 bits per heavy atom. The van der Waals surface area contributed by atoms with Crippen molar-refractivity contribution in [1.29, 1.82) is 0 Å². The number of amides is 1. The Labute approximate surface area is 148 Å². The van der Waals surface area contributed by atoms with Crippen LogP contribution in [0.1, 0.15) is 41.9 Å². The van der Waals surface area contributed by atoms with E-state index in [1.807, 2.05) is 11.4 Å². The molecule has 0 bridgehead atoms. The second-order valence-corrected chi connectivity index (χ2v) is 6.70. The van der Waals surface area contributed by atoms with Crippen LogP contribution in [0.5, 0.6) is 0 Å². The van der Waals surface area contributed by atoms with E-state index >= 15 is 0 Å². The average molecular weight is 353 g/mol. The minimum atomic E-state index is -0.322. The number of hydrogen-bond acceptors (Lipinski definition) is 3. The highest BCUT2D eigenvalue weighted by molar-refractivity contribution is 7.12. The van der Waals surface area contributed by atoms with Gasteiger partial charge in [0.1, 0.15) is 0 Å². The monoisotopic (exact) mass is 352 g/mol. The zero-order valence-electron chi connectivity index (χ0n) is 13.9. The molecule has 0 radical (unpaired) electrons. The number of nitrogens with one attached hydrogen (secondary N) is 1. The first-order valence-electron chi connectivity index (χ1n) is 7.70. The quantitative estimate of drug-likeness (QED) is 0.809. The van der Waals surface area contributed by atoms with E-state index in [2.05, 4.69) is 50.4 Å². The summed E-state index contributed by atoms with van der Waals surface area (Å²) in [7, 11) is 0. The third-order valence-electron chi connectivity index (χ3n) is 4.24. The lowest BCUT2D eigenvalue weighted by molar-refractivity contribution is 0.0947. The van der Waals surface area contributed by atoms with Gasteiger partial charge in [-0.25, -0.2) is 0 Å². The highest BCUT2D eigenvalue weighted by Gasteiger charge is 2.22. The van der Waals surface area contributed by atoms with Gasteiger partial charge in [-0.3, -0.25) is 4.79 Å². The van der Waals surface area contributed by atoms with Crippen LogP contribution in [0.2, 0.25) is 0 Å². The van der Waals surface area contributed by atoms with Crippen LogP contribution in [0.4, 0.5) is 0 Å². The van der Waals surface area contributed by atoms with Gasteiger partial charge < -0.3 is 11.1 Å². The summed E-state index contributed by atoms with van der Waals surface area (Å²) < 4.78 is 0. The Morgan fingerprint density at radius 1 is 1.17 bits per heavy atom. The van der Waals surface area contributed by atoms with Crippen molar-refractivity contribution in [2.45, 2.75) is 39.2 Å². The standard InChI is InChI=1S/C18H24N2OS.ClH/c1-4-18(19,5-2)12-20-17(21)16-15(10-11-22-16)14-8-6-13(3)7-9-14;/h6-11H,4-5,12,19H2,1-3H3,(H,20,21);1H. The fraction of sp³-hybridized carbons (Fsp3) is 0.389. The number of thiophene rings is 1. The van der Waals surface area contributed by atoms with E-state index < -0.39 is 0 Å². The van der Waals surface area contributed by atoms with Gasteiger partial charge in [0, 0.05) is 17.6 Å². The Kier molecular flexibility index (Phi) is 7.26. The number of benzene rings is 1. The molecule has 126 valence electrons. The molecule has 0 spiro atoms. The maximum absolute atomic E-state index is 12.5. The Bertz CT molecular complexity index is 633. The number of aryl methyl sites for hydroxylation is 1. The van der Waals surface area contributed by atoms with Crippen LogP contribution in [0, 0.1) is 6.92 Å². The minimum Gasteiger partial charge on any atom is -0.349 e. The van der Waals surface area contributed by atoms with Crippen LogP contribution in [0.25, 0.3) is 11.1 Å². The molecule has 0 saturated heterocycles. The zero-order chi connectivity index (χ0) is 16.2. The van der Waals surface area contributed by atoms with Gasteiger partial charge in [0.15, 0.2) is 0 Å². The SMILES string of the molecule is CCC(N)(CC)CNC(=O)c1sccc1-c1ccc(C)cc1.Cl. The molecule has 3 N–H and O–H groups in total. The fourth-order valence-corrected chi connectivity index (χ4v) is 3.11. The number of carbonyl (C=O) groups is 1. The molecule has 3 nitrogen and oxygen atoms in total. The van der Waals surface area contributed by atoms with Gasteiger partial charge in [-0.05, 0) is 36.8 Å². The van der Waals surface area contributed by atoms with Crippen molar-refractivity contribution in [2.24, 2.45) is 5.73 Å². The summed E-state index contributed by atoms with van der Waals surface area (Å²) in [6.07, 6.45) is 1.69. The smallest absolute Gasteiger partial charge is 0.262 e. The van der Waals surface area contributed by atoms with E-state index in [1.165, 1.54) is 16.9 Å². The van der Waals surface area contributed by atoms with E-state index in [0.29, 0.717) is 6.54 Å². The second-order valence-electron chi connectivity index (χ2n) is 5.78. The van der Waals surface area contributed by atoms with Crippen LogP contribution >= 0.6 is 23.7 Å². The molecule has 2 rings (SSSR count). The van der Waals surface area contributed by atoms with Gasteiger partial charge in [-0.2, -0.15) is 0 Å². The van der Waals surface area contributed by atoms with Gasteiger partial charge in [-0.1, -0.05) is 43.7 Å². The summed E-state index contributed by atoms with van der Waals surface area (Å²) in [6.45, 7) is 6.67. The van der Waals surface area contributed by atoms with Gasteiger partial charge >= 0.3 is 0 Å². The molecular weight excluding hydrogens is 328 g/mol. The summed E-state index contributed by atoms with van der Waals surface area (Å²) >= 11 is 1.47. The number of halogens is 1. The molecule has 2 aromatic rings. The van der Waals surface area contributed by atoms with Crippen molar-refractivity contribution in [1.82, 2.24) is 5.32 Å². The van der Waals surface area contributed by atoms with Crippen LogP contribution in [0.15, 0.2) is 35.7 Å². The molecule has 1 aromatic heterocycles. The van der Waals surface area contributed by atoms with E-state index in [9.17, 15) is 4.79 Å². The topological polar surface area (TPSA) is 55.1 Å². The van der Waals surface area contributed by atoms with Crippen molar-refractivity contribution >= 4 is 29.7 Å². The van der Waals surface area contributed by atoms with E-state index in [1.54, 1.807) is 0 Å². The summed E-state index contributed by atoms with van der Waals surface area (Å²) in [5, 5.41) is 4.95. The lowest BCUT2D eigenvalue weighted by Gasteiger charge is -2.26. The van der Waals surface area contributed by atoms with Gasteiger partial charge in [0.2, 0.25) is 0 Å². The highest BCUT2D eigenvalue weighted by atomic mass is 35.5. The normalized spacial score (nSPS) is 11.0. The number of nitrogens with two attached hydrogens (primary N) is 1. The fourth-order valence-electron chi connectivity index (χ4n) is 2.28. The maximum Gasteiger partial charge on any atom is 0.262 e. The van der Waals surface area contributed by atoms with Crippen molar-refractivity contribution in [3.63, 3.8) is 0 Å². The largest absolute Gasteiger partial charge is 0.349 e. The van der Waals surface area contributed by atoms with E-state index in [4.69, 9.17) is 5.73 Å². The third-order valence-corrected chi connectivity index (χ3v) is 5.16. The van der Waals surface area contributed by atoms with E-state index in [-0.39, 0.29) is 23.9 Å². The average Bonchev–Trinajstić information content (AvgIpc) is 3.02. The lowest BCUT2D eigenvalue weighted by atomic mass is 9.94. The third kappa shape index (κ3) is 4.80. The Morgan fingerprint density at radius 3 is 2.35 bits per heavy atom. The Hall–Kier alpha value is -1.36. The molecule has 23 heavy (non-hydrogen) atoms. The summed E-state index contributed by atoms with van der Waals surface area (Å²) in [4.78, 5) is 13.2. The molecule has 1 heterocycles. The van der Waals surface area contributed by atoms with Crippen molar-refractivity contribution in [3.8, 4) is 11.1 Å². The number of carbonyl (C=O) groups excluding carboxylic acids is 1. The van der Waals surface area contributed by atoms with Crippen molar-refractivity contribution in [3.05, 3.63) is 46.2 Å². The predicted molar refractivity (Wildman–Crippen MR) is 102 cm³/mol. The molecule has 1 aromatic carbocycles. The minimum absolute atomic E-state index is 0. The number of rotatable bonds is 6. The summed E-state index contributed by atoms with van der Waals surface area (Å²) in [6, 6.07) is 10.2. The molecule has 5 heteroatoms. The Balaban J connectivity index is 0.00000264. The second kappa shape index (κ2) is 8.48. The first-order chi connectivity index (χ1) is 10.5. The highest BCUT2D eigenvalue weighted by Crippen LogP contribution is 2.28. The molecule has 1 amide bonds. The van der Waals surface area contributed by atoms with Crippen LogP contribution in [-0.2, 0) is 0 Å². The first-order valence-corrected chi connectivity index (χ1v) is 8.58. The molecule has 0 aliphatic rings. The van der Waals surface area contributed by atoms with Crippen LogP contribution < -0.4 is 11.1 Å². The van der Waals surface area contributed by atoms with Gasteiger partial charge in [-0.15, -0.1) is 23.7 Å². The molecule has 0 aliphatic heterocycles. The lowest BCUT2D eigenvalue weighted by Crippen LogP contribution is -2.49. The summed E-state index contributed by atoms with van der Waals surface area (Å²) in [5.41, 5.74) is 9.20. The summed E-state index contributed by atoms with van der Waals surface area (Å²) in [5.74, 6) is -0.0395. The molecule has 0 atom stereocenters. The number of hydrogen-bond donors (Lipinski definition) is 2. The molecule has 0 unspecified atom stereocenters. The first kappa shape index (κ1) is 19.7.